The zero-order valence-electron chi connectivity index (χ0n) is 15.1. The molecule has 0 radical (unpaired) electrons. The SMILES string of the molecule is NC(NS(=O)(=O)c1ccc2c(c1)OCCO2)=[NH+]CCc1c[nH]c2ccccc12. The topological polar surface area (TPSA) is 120 Å². The predicted octanol–water partition coefficient (Wildman–Crippen LogP) is -0.145. The lowest BCUT2D eigenvalue weighted by atomic mass is 10.1. The van der Waals surface area contributed by atoms with E-state index in [2.05, 4.69) is 14.7 Å². The minimum atomic E-state index is -3.83. The van der Waals surface area contributed by atoms with E-state index in [-0.39, 0.29) is 10.9 Å². The molecule has 146 valence electrons. The van der Waals surface area contributed by atoms with E-state index in [0.29, 0.717) is 37.7 Å². The normalized spacial score (nSPS) is 14.2. The van der Waals surface area contributed by atoms with E-state index in [1.54, 1.807) is 6.07 Å². The maximum atomic E-state index is 12.5. The summed E-state index contributed by atoms with van der Waals surface area (Å²) in [6.07, 6.45) is 2.64. The third-order valence-corrected chi connectivity index (χ3v) is 5.82. The molecule has 0 aliphatic carbocycles. The van der Waals surface area contributed by atoms with Crippen LogP contribution in [0.2, 0.25) is 0 Å². The lowest BCUT2D eigenvalue weighted by molar-refractivity contribution is -0.458. The Kier molecular flexibility index (Phi) is 4.82. The fraction of sp³-hybridized carbons (Fsp3) is 0.211. The van der Waals surface area contributed by atoms with Gasteiger partial charge in [-0.05, 0) is 23.8 Å². The quantitative estimate of drug-likeness (QED) is 0.350. The average molecular weight is 401 g/mol. The first-order valence-corrected chi connectivity index (χ1v) is 10.3. The number of hydrogen-bond donors (Lipinski definition) is 4. The van der Waals surface area contributed by atoms with Crippen LogP contribution in [0.4, 0.5) is 0 Å². The average Bonchev–Trinajstić information content (AvgIpc) is 3.10. The number of nitrogens with two attached hydrogens (primary N) is 1. The number of rotatable bonds is 5. The van der Waals surface area contributed by atoms with Gasteiger partial charge in [-0.3, -0.25) is 10.7 Å². The van der Waals surface area contributed by atoms with Gasteiger partial charge in [-0.15, -0.1) is 0 Å². The highest BCUT2D eigenvalue weighted by atomic mass is 32.2. The minimum Gasteiger partial charge on any atom is -0.486 e. The van der Waals surface area contributed by atoms with Crippen LogP contribution in [0.15, 0.2) is 53.6 Å². The summed E-state index contributed by atoms with van der Waals surface area (Å²) in [5.41, 5.74) is 8.03. The van der Waals surface area contributed by atoms with Gasteiger partial charge in [0.2, 0.25) is 0 Å². The Morgan fingerprint density at radius 3 is 2.79 bits per heavy atom. The Morgan fingerprint density at radius 1 is 1.14 bits per heavy atom. The molecule has 1 aliphatic rings. The number of guanidine groups is 1. The highest BCUT2D eigenvalue weighted by Gasteiger charge is 2.23. The van der Waals surface area contributed by atoms with E-state index in [4.69, 9.17) is 15.2 Å². The molecule has 0 amide bonds. The lowest BCUT2D eigenvalue weighted by Gasteiger charge is -2.18. The van der Waals surface area contributed by atoms with Gasteiger partial charge in [-0.1, -0.05) is 18.2 Å². The van der Waals surface area contributed by atoms with E-state index in [1.807, 2.05) is 30.5 Å². The number of nitrogens with one attached hydrogen (secondary N) is 3. The zero-order valence-corrected chi connectivity index (χ0v) is 15.9. The lowest BCUT2D eigenvalue weighted by Crippen LogP contribution is -2.79. The van der Waals surface area contributed by atoms with Crippen LogP contribution in [0.3, 0.4) is 0 Å². The monoisotopic (exact) mass is 401 g/mol. The molecule has 0 atom stereocenters. The van der Waals surface area contributed by atoms with Gasteiger partial charge in [0.15, 0.2) is 11.5 Å². The molecule has 0 bridgehead atoms. The molecule has 0 spiro atoms. The molecule has 2 heterocycles. The van der Waals surface area contributed by atoms with Crippen LogP contribution in [0, 0.1) is 0 Å². The summed E-state index contributed by atoms with van der Waals surface area (Å²) in [6.45, 7) is 1.31. The van der Waals surface area contributed by atoms with Crippen molar-refractivity contribution in [2.75, 3.05) is 19.8 Å². The molecule has 3 aromatic rings. The first-order valence-electron chi connectivity index (χ1n) is 8.87. The summed E-state index contributed by atoms with van der Waals surface area (Å²) in [5, 5.41) is 1.14. The number of fused-ring (bicyclic) bond motifs is 2. The standard InChI is InChI=1S/C19H20N4O4S/c20-19(21-8-7-13-12-22-16-4-2-1-3-15(13)16)23-28(24,25)14-5-6-17-18(11-14)27-10-9-26-17/h1-6,11-12,22H,7-10H2,(H3,20,21,23)/p+1. The first kappa shape index (κ1) is 18.2. The third-order valence-electron chi connectivity index (χ3n) is 4.45. The molecule has 5 N–H and O–H groups in total. The molecule has 8 nitrogen and oxygen atoms in total. The fourth-order valence-electron chi connectivity index (χ4n) is 3.10. The van der Waals surface area contributed by atoms with Crippen molar-refractivity contribution in [3.05, 3.63) is 54.2 Å². The van der Waals surface area contributed by atoms with Crippen molar-refractivity contribution >= 4 is 26.9 Å². The second-order valence-electron chi connectivity index (χ2n) is 6.36. The fourth-order valence-corrected chi connectivity index (χ4v) is 4.09. The highest BCUT2D eigenvalue weighted by Crippen LogP contribution is 2.32. The Hall–Kier alpha value is -3.20. The molecular weight excluding hydrogens is 380 g/mol. The van der Waals surface area contributed by atoms with Gasteiger partial charge in [0.1, 0.15) is 18.1 Å². The molecule has 1 aromatic heterocycles. The van der Waals surface area contributed by atoms with Crippen LogP contribution < -0.4 is 24.9 Å². The van der Waals surface area contributed by atoms with Gasteiger partial charge in [0, 0.05) is 29.6 Å². The summed E-state index contributed by atoms with van der Waals surface area (Å²) < 4.78 is 38.3. The third kappa shape index (κ3) is 3.74. The van der Waals surface area contributed by atoms with Crippen LogP contribution in [0.5, 0.6) is 11.5 Å². The molecule has 28 heavy (non-hydrogen) atoms. The number of aromatic nitrogens is 1. The van der Waals surface area contributed by atoms with Crippen LogP contribution in [0.25, 0.3) is 10.9 Å². The van der Waals surface area contributed by atoms with Crippen molar-refractivity contribution < 1.29 is 22.9 Å². The Bertz CT molecular complexity index is 1140. The Morgan fingerprint density at radius 2 is 1.93 bits per heavy atom. The number of hydrogen-bond acceptors (Lipinski definition) is 4. The Balaban J connectivity index is 1.42. The number of benzene rings is 2. The number of ether oxygens (including phenoxy) is 2. The predicted molar refractivity (Wildman–Crippen MR) is 105 cm³/mol. The van der Waals surface area contributed by atoms with Crippen LogP contribution in [-0.2, 0) is 16.4 Å². The first-order chi connectivity index (χ1) is 13.5. The van der Waals surface area contributed by atoms with Crippen molar-refractivity contribution in [1.82, 2.24) is 9.71 Å². The summed E-state index contributed by atoms with van der Waals surface area (Å²) in [5.74, 6) is 0.897. The van der Waals surface area contributed by atoms with Gasteiger partial charge < -0.3 is 14.5 Å². The zero-order chi connectivity index (χ0) is 19.6. The molecule has 9 heteroatoms. The number of para-hydroxylation sites is 1. The van der Waals surface area contributed by atoms with Crippen molar-refractivity contribution in [2.45, 2.75) is 11.3 Å². The van der Waals surface area contributed by atoms with Crippen molar-refractivity contribution in [1.29, 1.82) is 0 Å². The molecule has 0 saturated heterocycles. The summed E-state index contributed by atoms with van der Waals surface area (Å²) >= 11 is 0. The highest BCUT2D eigenvalue weighted by molar-refractivity contribution is 7.90. The van der Waals surface area contributed by atoms with Crippen LogP contribution >= 0.6 is 0 Å². The largest absolute Gasteiger partial charge is 0.486 e. The summed E-state index contributed by atoms with van der Waals surface area (Å²) in [6, 6.07) is 12.5. The van der Waals surface area contributed by atoms with E-state index in [9.17, 15) is 8.42 Å². The van der Waals surface area contributed by atoms with Crippen LogP contribution in [-0.4, -0.2) is 39.1 Å². The molecule has 0 unspecified atom stereocenters. The molecule has 0 fully saturated rings. The molecule has 0 saturated carbocycles. The number of aromatic amines is 1. The van der Waals surface area contributed by atoms with Crippen molar-refractivity contribution in [2.24, 2.45) is 5.73 Å². The van der Waals surface area contributed by atoms with Gasteiger partial charge in [0.25, 0.3) is 0 Å². The number of H-pyrrole nitrogens is 1. The van der Waals surface area contributed by atoms with Crippen molar-refractivity contribution in [3.8, 4) is 11.5 Å². The smallest absolute Gasteiger partial charge is 0.356 e. The second kappa shape index (κ2) is 7.43. The van der Waals surface area contributed by atoms with E-state index in [1.165, 1.54) is 12.1 Å². The van der Waals surface area contributed by atoms with E-state index >= 15 is 0 Å². The van der Waals surface area contributed by atoms with Crippen molar-refractivity contribution in [3.63, 3.8) is 0 Å². The summed E-state index contributed by atoms with van der Waals surface area (Å²) in [7, 11) is -3.83. The van der Waals surface area contributed by atoms with Gasteiger partial charge in [0.05, 0.1) is 6.54 Å². The maximum Gasteiger partial charge on any atom is 0.356 e. The van der Waals surface area contributed by atoms with Gasteiger partial charge >= 0.3 is 16.0 Å². The number of sulfonamides is 1. The van der Waals surface area contributed by atoms with Crippen LogP contribution in [0.1, 0.15) is 5.56 Å². The molecule has 1 aliphatic heterocycles. The van der Waals surface area contributed by atoms with Gasteiger partial charge in [-0.25, -0.2) is 0 Å². The van der Waals surface area contributed by atoms with Gasteiger partial charge in [-0.2, -0.15) is 13.1 Å². The van der Waals surface area contributed by atoms with E-state index in [0.717, 1.165) is 16.5 Å². The molecule has 4 rings (SSSR count). The van der Waals surface area contributed by atoms with E-state index < -0.39 is 10.0 Å². The minimum absolute atomic E-state index is 0.0327. The maximum absolute atomic E-state index is 12.5. The molecule has 2 aromatic carbocycles. The summed E-state index contributed by atoms with van der Waals surface area (Å²) in [4.78, 5) is 6.17. The Labute approximate surface area is 162 Å². The second-order valence-corrected chi connectivity index (χ2v) is 8.04. The molecular formula is C19H21N4O4S+.